The van der Waals surface area contributed by atoms with E-state index in [0.29, 0.717) is 5.82 Å². The van der Waals surface area contributed by atoms with Crippen molar-refractivity contribution in [1.29, 1.82) is 0 Å². The zero-order chi connectivity index (χ0) is 14.5. The molecule has 0 saturated heterocycles. The molecule has 0 unspecified atom stereocenters. The van der Waals surface area contributed by atoms with E-state index in [4.69, 9.17) is 5.73 Å². The summed E-state index contributed by atoms with van der Waals surface area (Å²) in [5, 5.41) is 4.60. The van der Waals surface area contributed by atoms with Crippen LogP contribution in [0.1, 0.15) is 17.7 Å². The van der Waals surface area contributed by atoms with Gasteiger partial charge in [0, 0.05) is 6.07 Å². The van der Waals surface area contributed by atoms with Gasteiger partial charge in [0.05, 0.1) is 11.4 Å². The number of anilines is 1. The summed E-state index contributed by atoms with van der Waals surface area (Å²) in [5.41, 5.74) is 9.48. The van der Waals surface area contributed by atoms with E-state index in [1.807, 2.05) is 42.5 Å². The molecule has 0 spiro atoms. The first-order valence-electron chi connectivity index (χ1n) is 7.27. The molecule has 0 saturated carbocycles. The molecule has 0 aliphatic rings. The van der Waals surface area contributed by atoms with Crippen molar-refractivity contribution in [2.45, 2.75) is 19.3 Å². The lowest BCUT2D eigenvalue weighted by Gasteiger charge is -2.02. The minimum absolute atomic E-state index is 0.691. The summed E-state index contributed by atoms with van der Waals surface area (Å²) in [5.74, 6) is 0.691. The normalized spacial score (nSPS) is 10.7. The second-order valence-electron chi connectivity index (χ2n) is 5.15. The molecule has 2 aromatic carbocycles. The van der Waals surface area contributed by atoms with E-state index in [-0.39, 0.29) is 0 Å². The van der Waals surface area contributed by atoms with Gasteiger partial charge < -0.3 is 5.73 Å². The fourth-order valence-corrected chi connectivity index (χ4v) is 2.46. The summed E-state index contributed by atoms with van der Waals surface area (Å²) >= 11 is 0. The minimum atomic E-state index is 0.691. The molecule has 3 heteroatoms. The summed E-state index contributed by atoms with van der Waals surface area (Å²) in [7, 11) is 0. The molecule has 0 atom stereocenters. The van der Waals surface area contributed by atoms with E-state index in [1.165, 1.54) is 5.56 Å². The highest BCUT2D eigenvalue weighted by atomic mass is 15.3. The molecule has 0 aliphatic carbocycles. The number of aryl methyl sites for hydroxylation is 2. The number of nitrogens with two attached hydrogens (primary N) is 1. The molecule has 0 fully saturated rings. The Morgan fingerprint density at radius 1 is 0.857 bits per heavy atom. The minimum Gasteiger partial charge on any atom is -0.384 e. The van der Waals surface area contributed by atoms with Crippen molar-refractivity contribution < 1.29 is 0 Å². The van der Waals surface area contributed by atoms with Crippen LogP contribution in [0.4, 0.5) is 5.82 Å². The number of aromatic nitrogens is 2. The molecule has 1 heterocycles. The number of para-hydroxylation sites is 1. The van der Waals surface area contributed by atoms with Gasteiger partial charge in [-0.2, -0.15) is 5.10 Å². The van der Waals surface area contributed by atoms with Crippen LogP contribution in [0.2, 0.25) is 0 Å². The molecule has 0 bridgehead atoms. The fourth-order valence-electron chi connectivity index (χ4n) is 2.46. The summed E-state index contributed by atoms with van der Waals surface area (Å²) in [6.45, 7) is 0. The lowest BCUT2D eigenvalue weighted by molar-refractivity contribution is 0.769. The van der Waals surface area contributed by atoms with Crippen molar-refractivity contribution in [3.8, 4) is 5.69 Å². The van der Waals surface area contributed by atoms with Crippen LogP contribution in [0.15, 0.2) is 66.7 Å². The third-order valence-electron chi connectivity index (χ3n) is 3.53. The second kappa shape index (κ2) is 6.27. The Morgan fingerprint density at radius 2 is 1.52 bits per heavy atom. The molecule has 0 aliphatic heterocycles. The lowest BCUT2D eigenvalue weighted by Crippen LogP contribution is -2.01. The van der Waals surface area contributed by atoms with E-state index in [9.17, 15) is 0 Å². The summed E-state index contributed by atoms with van der Waals surface area (Å²) in [4.78, 5) is 0. The number of rotatable bonds is 5. The maximum atomic E-state index is 6.06. The fraction of sp³-hybridized carbons (Fsp3) is 0.167. The van der Waals surface area contributed by atoms with Crippen LogP contribution in [-0.2, 0) is 12.8 Å². The van der Waals surface area contributed by atoms with Gasteiger partial charge in [0.1, 0.15) is 5.82 Å². The molecular formula is C18H19N3. The van der Waals surface area contributed by atoms with Crippen LogP contribution in [0.25, 0.3) is 5.69 Å². The van der Waals surface area contributed by atoms with E-state index >= 15 is 0 Å². The first-order chi connectivity index (χ1) is 10.3. The number of nitrogens with zero attached hydrogens (tertiary/aromatic N) is 2. The average molecular weight is 277 g/mol. The third-order valence-corrected chi connectivity index (χ3v) is 3.53. The van der Waals surface area contributed by atoms with Gasteiger partial charge >= 0.3 is 0 Å². The van der Waals surface area contributed by atoms with Gasteiger partial charge in [-0.25, -0.2) is 4.68 Å². The van der Waals surface area contributed by atoms with Crippen LogP contribution >= 0.6 is 0 Å². The van der Waals surface area contributed by atoms with Crippen molar-refractivity contribution >= 4 is 5.82 Å². The standard InChI is InChI=1S/C18H19N3/c19-18-14-16(11-7-10-15-8-3-1-4-9-15)20-21(18)17-12-5-2-6-13-17/h1-6,8-9,12-14H,7,10-11,19H2. The summed E-state index contributed by atoms with van der Waals surface area (Å²) in [6.07, 6.45) is 3.09. The first kappa shape index (κ1) is 13.4. The van der Waals surface area contributed by atoms with Gasteiger partial charge in [0.15, 0.2) is 0 Å². The second-order valence-corrected chi connectivity index (χ2v) is 5.15. The highest BCUT2D eigenvalue weighted by Crippen LogP contribution is 2.15. The Morgan fingerprint density at radius 3 is 2.24 bits per heavy atom. The molecule has 2 N–H and O–H groups in total. The largest absolute Gasteiger partial charge is 0.384 e. The predicted molar refractivity (Wildman–Crippen MR) is 86.4 cm³/mol. The number of benzene rings is 2. The van der Waals surface area contributed by atoms with Crippen LogP contribution < -0.4 is 5.73 Å². The zero-order valence-corrected chi connectivity index (χ0v) is 11.9. The van der Waals surface area contributed by atoms with Crippen LogP contribution in [0.5, 0.6) is 0 Å². The maximum absolute atomic E-state index is 6.06. The maximum Gasteiger partial charge on any atom is 0.127 e. The van der Waals surface area contributed by atoms with Gasteiger partial charge in [-0.05, 0) is 37.0 Å². The monoisotopic (exact) mass is 277 g/mol. The first-order valence-corrected chi connectivity index (χ1v) is 7.27. The number of hydrogen-bond donors (Lipinski definition) is 1. The van der Waals surface area contributed by atoms with Crippen molar-refractivity contribution in [2.24, 2.45) is 0 Å². The Kier molecular flexibility index (Phi) is 4.01. The SMILES string of the molecule is Nc1cc(CCCc2ccccc2)nn1-c1ccccc1. The van der Waals surface area contributed by atoms with E-state index in [2.05, 4.69) is 29.4 Å². The highest BCUT2D eigenvalue weighted by Gasteiger charge is 2.06. The molecule has 106 valence electrons. The predicted octanol–water partition coefficient (Wildman–Crippen LogP) is 3.63. The Balaban J connectivity index is 1.65. The van der Waals surface area contributed by atoms with Gasteiger partial charge in [-0.3, -0.25) is 0 Å². The Bertz CT molecular complexity index is 687. The average Bonchev–Trinajstić information content (AvgIpc) is 2.90. The Hall–Kier alpha value is -2.55. The molecular weight excluding hydrogens is 258 g/mol. The van der Waals surface area contributed by atoms with Crippen molar-refractivity contribution in [1.82, 2.24) is 9.78 Å². The lowest BCUT2D eigenvalue weighted by atomic mass is 10.1. The third kappa shape index (κ3) is 3.31. The molecule has 3 rings (SSSR count). The van der Waals surface area contributed by atoms with Gasteiger partial charge in [0.2, 0.25) is 0 Å². The molecule has 0 radical (unpaired) electrons. The van der Waals surface area contributed by atoms with Gasteiger partial charge in [0.25, 0.3) is 0 Å². The highest BCUT2D eigenvalue weighted by molar-refractivity contribution is 5.42. The smallest absolute Gasteiger partial charge is 0.127 e. The summed E-state index contributed by atoms with van der Waals surface area (Å²) in [6, 6.07) is 22.5. The molecule has 21 heavy (non-hydrogen) atoms. The number of nitrogen functional groups attached to an aromatic ring is 1. The quantitative estimate of drug-likeness (QED) is 0.774. The summed E-state index contributed by atoms with van der Waals surface area (Å²) < 4.78 is 1.80. The zero-order valence-electron chi connectivity index (χ0n) is 11.9. The number of hydrogen-bond acceptors (Lipinski definition) is 2. The van der Waals surface area contributed by atoms with Crippen molar-refractivity contribution in [2.75, 3.05) is 5.73 Å². The van der Waals surface area contributed by atoms with Crippen molar-refractivity contribution in [3.05, 3.63) is 78.0 Å². The van der Waals surface area contributed by atoms with E-state index in [0.717, 1.165) is 30.6 Å². The topological polar surface area (TPSA) is 43.8 Å². The molecule has 0 amide bonds. The van der Waals surface area contributed by atoms with Gasteiger partial charge in [-0.15, -0.1) is 0 Å². The molecule has 1 aromatic heterocycles. The van der Waals surface area contributed by atoms with E-state index < -0.39 is 0 Å². The van der Waals surface area contributed by atoms with Crippen LogP contribution in [0.3, 0.4) is 0 Å². The Labute approximate surface area is 125 Å². The molecule has 3 nitrogen and oxygen atoms in total. The van der Waals surface area contributed by atoms with Gasteiger partial charge in [-0.1, -0.05) is 48.5 Å². The van der Waals surface area contributed by atoms with E-state index in [1.54, 1.807) is 4.68 Å². The van der Waals surface area contributed by atoms with Crippen LogP contribution in [0, 0.1) is 0 Å². The molecule has 3 aromatic rings. The van der Waals surface area contributed by atoms with Crippen molar-refractivity contribution in [3.63, 3.8) is 0 Å². The van der Waals surface area contributed by atoms with Crippen LogP contribution in [-0.4, -0.2) is 9.78 Å².